The van der Waals surface area contributed by atoms with Crippen molar-refractivity contribution in [1.82, 2.24) is 10.2 Å². The number of likely N-dealkylation sites (tertiary alicyclic amines) is 1. The Morgan fingerprint density at radius 2 is 1.86 bits per heavy atom. The van der Waals surface area contributed by atoms with Gasteiger partial charge in [-0.25, -0.2) is 0 Å². The van der Waals surface area contributed by atoms with Gasteiger partial charge in [0.25, 0.3) is 0 Å². The molecule has 1 aromatic rings. The van der Waals surface area contributed by atoms with Gasteiger partial charge >= 0.3 is 0 Å². The number of benzene rings is 1. The third-order valence-electron chi connectivity index (χ3n) is 6.33. The molecule has 0 unspecified atom stereocenters. The summed E-state index contributed by atoms with van der Waals surface area (Å²) >= 11 is 0. The van der Waals surface area contributed by atoms with E-state index in [0.29, 0.717) is 32.0 Å². The Bertz CT molecular complexity index is 699. The van der Waals surface area contributed by atoms with Gasteiger partial charge in [-0.3, -0.25) is 9.59 Å². The molecule has 1 aromatic carbocycles. The van der Waals surface area contributed by atoms with Crippen molar-refractivity contribution in [3.8, 4) is 0 Å². The molecule has 0 aliphatic carbocycles. The lowest BCUT2D eigenvalue weighted by molar-refractivity contribution is -0.131. The second-order valence-electron chi connectivity index (χ2n) is 8.31. The molecular formula is C22H30N2O4. The van der Waals surface area contributed by atoms with Gasteiger partial charge in [0.2, 0.25) is 11.8 Å². The summed E-state index contributed by atoms with van der Waals surface area (Å²) in [5.74, 6) is 0.325. The second-order valence-corrected chi connectivity index (χ2v) is 8.31. The van der Waals surface area contributed by atoms with Crippen LogP contribution >= 0.6 is 0 Å². The van der Waals surface area contributed by atoms with Crippen LogP contribution in [-0.2, 0) is 25.5 Å². The number of hydrogen-bond donors (Lipinski definition) is 1. The minimum absolute atomic E-state index is 0.0222. The van der Waals surface area contributed by atoms with E-state index in [4.69, 9.17) is 9.47 Å². The van der Waals surface area contributed by atoms with E-state index in [1.807, 2.05) is 36.1 Å². The fourth-order valence-corrected chi connectivity index (χ4v) is 4.60. The van der Waals surface area contributed by atoms with E-state index in [0.717, 1.165) is 38.0 Å². The number of rotatable bonds is 5. The number of amides is 2. The number of nitrogens with one attached hydrogen (secondary N) is 1. The van der Waals surface area contributed by atoms with Crippen LogP contribution in [0.1, 0.15) is 30.4 Å². The fourth-order valence-electron chi connectivity index (χ4n) is 4.60. The van der Waals surface area contributed by atoms with E-state index in [2.05, 4.69) is 5.32 Å². The summed E-state index contributed by atoms with van der Waals surface area (Å²) in [5.41, 5.74) is 2.20. The van der Waals surface area contributed by atoms with Crippen molar-refractivity contribution in [3.05, 3.63) is 35.4 Å². The van der Waals surface area contributed by atoms with Crippen molar-refractivity contribution in [1.29, 1.82) is 0 Å². The quantitative estimate of drug-likeness (QED) is 0.836. The summed E-state index contributed by atoms with van der Waals surface area (Å²) < 4.78 is 11.3. The molecule has 0 radical (unpaired) electrons. The SMILES string of the molecule is Cc1ccc(CC(=O)N2C[C@H](C(=O)NCC3CCOCC3)[C@H]3OCC[C@@H]32)cc1. The highest BCUT2D eigenvalue weighted by Gasteiger charge is 2.50. The maximum atomic E-state index is 12.9. The van der Waals surface area contributed by atoms with Crippen LogP contribution < -0.4 is 5.32 Å². The Balaban J connectivity index is 1.36. The Kier molecular flexibility index (Phi) is 5.97. The average molecular weight is 386 g/mol. The molecule has 0 bridgehead atoms. The van der Waals surface area contributed by atoms with Crippen LogP contribution in [0.4, 0.5) is 0 Å². The van der Waals surface area contributed by atoms with Gasteiger partial charge in [0, 0.05) is 32.9 Å². The summed E-state index contributed by atoms with van der Waals surface area (Å²) in [4.78, 5) is 27.7. The first-order valence-corrected chi connectivity index (χ1v) is 10.4. The first kappa shape index (κ1) is 19.4. The zero-order valence-electron chi connectivity index (χ0n) is 16.6. The minimum Gasteiger partial charge on any atom is -0.381 e. The summed E-state index contributed by atoms with van der Waals surface area (Å²) in [5, 5.41) is 3.11. The lowest BCUT2D eigenvalue weighted by Gasteiger charge is -2.23. The van der Waals surface area contributed by atoms with Crippen LogP contribution in [0.3, 0.4) is 0 Å². The maximum absolute atomic E-state index is 12.9. The number of fused-ring (bicyclic) bond motifs is 1. The van der Waals surface area contributed by atoms with E-state index in [-0.39, 0.29) is 29.9 Å². The predicted octanol–water partition coefficient (Wildman–Crippen LogP) is 1.70. The first-order valence-electron chi connectivity index (χ1n) is 10.4. The maximum Gasteiger partial charge on any atom is 0.227 e. The van der Waals surface area contributed by atoms with Gasteiger partial charge in [0.05, 0.1) is 24.5 Å². The molecule has 3 atom stereocenters. The van der Waals surface area contributed by atoms with Gasteiger partial charge in [-0.15, -0.1) is 0 Å². The molecule has 3 heterocycles. The molecule has 0 aromatic heterocycles. The van der Waals surface area contributed by atoms with Crippen LogP contribution in [-0.4, -0.2) is 61.8 Å². The Hall–Kier alpha value is -1.92. The van der Waals surface area contributed by atoms with Gasteiger partial charge in [-0.2, -0.15) is 0 Å². The van der Waals surface area contributed by atoms with Crippen LogP contribution in [0.2, 0.25) is 0 Å². The molecule has 1 N–H and O–H groups in total. The molecule has 28 heavy (non-hydrogen) atoms. The lowest BCUT2D eigenvalue weighted by atomic mass is 9.98. The van der Waals surface area contributed by atoms with Crippen LogP contribution in [0.25, 0.3) is 0 Å². The zero-order chi connectivity index (χ0) is 19.5. The van der Waals surface area contributed by atoms with Crippen molar-refractivity contribution >= 4 is 11.8 Å². The van der Waals surface area contributed by atoms with E-state index in [9.17, 15) is 9.59 Å². The molecule has 3 saturated heterocycles. The minimum atomic E-state index is -0.269. The van der Waals surface area contributed by atoms with Crippen molar-refractivity contribution in [2.75, 3.05) is 32.9 Å². The number of aryl methyl sites for hydroxylation is 1. The van der Waals surface area contributed by atoms with E-state index < -0.39 is 0 Å². The number of carbonyl (C=O) groups is 2. The number of carbonyl (C=O) groups excluding carboxylic acids is 2. The number of hydrogen-bond acceptors (Lipinski definition) is 4. The van der Waals surface area contributed by atoms with Gasteiger partial charge in [-0.05, 0) is 37.7 Å². The summed E-state index contributed by atoms with van der Waals surface area (Å²) in [6.45, 7) is 5.36. The molecular weight excluding hydrogens is 356 g/mol. The zero-order valence-corrected chi connectivity index (χ0v) is 16.6. The average Bonchev–Trinajstić information content (AvgIpc) is 3.31. The van der Waals surface area contributed by atoms with E-state index in [1.54, 1.807) is 0 Å². The van der Waals surface area contributed by atoms with E-state index >= 15 is 0 Å². The Morgan fingerprint density at radius 1 is 1.11 bits per heavy atom. The smallest absolute Gasteiger partial charge is 0.227 e. The largest absolute Gasteiger partial charge is 0.381 e. The monoisotopic (exact) mass is 386 g/mol. The van der Waals surface area contributed by atoms with Gasteiger partial charge in [0.1, 0.15) is 0 Å². The topological polar surface area (TPSA) is 67.9 Å². The van der Waals surface area contributed by atoms with Gasteiger partial charge < -0.3 is 19.7 Å². The normalized spacial score (nSPS) is 27.6. The van der Waals surface area contributed by atoms with Crippen molar-refractivity contribution in [3.63, 3.8) is 0 Å². The van der Waals surface area contributed by atoms with Crippen LogP contribution in [0, 0.1) is 18.8 Å². The molecule has 3 aliphatic rings. The summed E-state index contributed by atoms with van der Waals surface area (Å²) in [6.07, 6.45) is 3.01. The molecule has 0 saturated carbocycles. The van der Waals surface area contributed by atoms with Gasteiger partial charge in [-0.1, -0.05) is 29.8 Å². The summed E-state index contributed by atoms with van der Waals surface area (Å²) in [6, 6.07) is 8.09. The highest BCUT2D eigenvalue weighted by Crippen LogP contribution is 2.34. The molecule has 6 heteroatoms. The number of ether oxygens (including phenoxy) is 2. The van der Waals surface area contributed by atoms with Crippen molar-refractivity contribution in [2.45, 2.75) is 44.8 Å². The molecule has 2 amide bonds. The van der Waals surface area contributed by atoms with E-state index in [1.165, 1.54) is 5.56 Å². The molecule has 6 nitrogen and oxygen atoms in total. The summed E-state index contributed by atoms with van der Waals surface area (Å²) in [7, 11) is 0. The third kappa shape index (κ3) is 4.23. The van der Waals surface area contributed by atoms with Crippen molar-refractivity contribution in [2.24, 2.45) is 11.8 Å². The second kappa shape index (κ2) is 8.62. The van der Waals surface area contributed by atoms with Crippen LogP contribution in [0.15, 0.2) is 24.3 Å². The lowest BCUT2D eigenvalue weighted by Crippen LogP contribution is -2.40. The third-order valence-corrected chi connectivity index (χ3v) is 6.33. The molecule has 3 aliphatic heterocycles. The molecule has 0 spiro atoms. The van der Waals surface area contributed by atoms with Crippen molar-refractivity contribution < 1.29 is 19.1 Å². The number of nitrogens with zero attached hydrogens (tertiary/aromatic N) is 1. The Morgan fingerprint density at radius 3 is 2.61 bits per heavy atom. The van der Waals surface area contributed by atoms with Crippen LogP contribution in [0.5, 0.6) is 0 Å². The standard InChI is InChI=1S/C22H30N2O4/c1-15-2-4-16(5-3-15)12-20(25)24-14-18(21-19(24)8-11-28-21)22(26)23-13-17-6-9-27-10-7-17/h2-5,17-19,21H,6-14H2,1H3,(H,23,26)/t18-,19-,21+/m0/s1. The highest BCUT2D eigenvalue weighted by molar-refractivity contribution is 5.84. The molecule has 4 rings (SSSR count). The molecule has 3 fully saturated rings. The first-order chi connectivity index (χ1) is 13.6. The Labute approximate surface area is 166 Å². The highest BCUT2D eigenvalue weighted by atomic mass is 16.5. The van der Waals surface area contributed by atoms with Gasteiger partial charge in [0.15, 0.2) is 0 Å². The molecule has 152 valence electrons. The fraction of sp³-hybridized carbons (Fsp3) is 0.636. The predicted molar refractivity (Wildman–Crippen MR) is 105 cm³/mol.